The van der Waals surface area contributed by atoms with Crippen LogP contribution in [0.15, 0.2) is 53.0 Å². The topological polar surface area (TPSA) is 66.4 Å². The number of hydrogen-bond donors (Lipinski definition) is 2. The smallest absolute Gasteiger partial charge is 0.330 e. The number of benzene rings is 2. The molecule has 6 heteroatoms. The van der Waals surface area contributed by atoms with E-state index in [1.807, 2.05) is 0 Å². The van der Waals surface area contributed by atoms with Crippen LogP contribution < -0.4 is 5.32 Å². The molecule has 0 fully saturated rings. The standard InChI is InChI=1S/C15H11BrFNO3/c16-12-8-10(17)6-7-11(12)14(19)18-13(15(20)21)9-4-2-1-3-5-9/h1-8,13H,(H,18,19)(H,20,21). The summed E-state index contributed by atoms with van der Waals surface area (Å²) in [6.07, 6.45) is 0. The number of nitrogens with one attached hydrogen (secondary N) is 1. The molecular weight excluding hydrogens is 341 g/mol. The molecule has 108 valence electrons. The summed E-state index contributed by atoms with van der Waals surface area (Å²) in [5.41, 5.74) is 0.621. The number of amides is 1. The number of carboxylic acids is 1. The average molecular weight is 352 g/mol. The lowest BCUT2D eigenvalue weighted by Crippen LogP contribution is -2.33. The Bertz CT molecular complexity index is 676. The van der Waals surface area contributed by atoms with Crippen LogP contribution in [0.3, 0.4) is 0 Å². The molecule has 2 N–H and O–H groups in total. The summed E-state index contributed by atoms with van der Waals surface area (Å²) >= 11 is 3.08. The minimum Gasteiger partial charge on any atom is -0.479 e. The molecule has 0 saturated carbocycles. The van der Waals surface area contributed by atoms with Crippen LogP contribution in [0.4, 0.5) is 4.39 Å². The van der Waals surface area contributed by atoms with E-state index in [0.29, 0.717) is 5.56 Å². The summed E-state index contributed by atoms with van der Waals surface area (Å²) < 4.78 is 13.3. The Kier molecular flexibility index (Phi) is 4.70. The first-order chi connectivity index (χ1) is 9.99. The van der Waals surface area contributed by atoms with E-state index in [9.17, 15) is 19.1 Å². The molecule has 0 aromatic heterocycles. The minimum atomic E-state index is -1.17. The van der Waals surface area contributed by atoms with Crippen molar-refractivity contribution in [3.63, 3.8) is 0 Å². The van der Waals surface area contributed by atoms with E-state index >= 15 is 0 Å². The Hall–Kier alpha value is -2.21. The first-order valence-corrected chi connectivity index (χ1v) is 6.82. The zero-order chi connectivity index (χ0) is 15.4. The number of hydrogen-bond acceptors (Lipinski definition) is 2. The van der Waals surface area contributed by atoms with Gasteiger partial charge < -0.3 is 10.4 Å². The van der Waals surface area contributed by atoms with Crippen LogP contribution in [0.1, 0.15) is 22.0 Å². The molecule has 1 unspecified atom stereocenters. The Balaban J connectivity index is 2.25. The van der Waals surface area contributed by atoms with Gasteiger partial charge in [-0.2, -0.15) is 0 Å². The molecule has 4 nitrogen and oxygen atoms in total. The van der Waals surface area contributed by atoms with Crippen molar-refractivity contribution in [2.45, 2.75) is 6.04 Å². The van der Waals surface area contributed by atoms with Gasteiger partial charge in [0.1, 0.15) is 5.82 Å². The molecule has 21 heavy (non-hydrogen) atoms. The van der Waals surface area contributed by atoms with E-state index in [1.165, 1.54) is 6.07 Å². The molecule has 1 atom stereocenters. The fourth-order valence-corrected chi connectivity index (χ4v) is 2.35. The number of halogens is 2. The van der Waals surface area contributed by atoms with Gasteiger partial charge in [-0.25, -0.2) is 9.18 Å². The zero-order valence-electron chi connectivity index (χ0n) is 10.7. The Morgan fingerprint density at radius 1 is 1.14 bits per heavy atom. The van der Waals surface area contributed by atoms with Gasteiger partial charge in [0.2, 0.25) is 0 Å². The lowest BCUT2D eigenvalue weighted by molar-refractivity contribution is -0.139. The van der Waals surface area contributed by atoms with Crippen LogP contribution in [-0.4, -0.2) is 17.0 Å². The summed E-state index contributed by atoms with van der Waals surface area (Å²) in [4.78, 5) is 23.5. The largest absolute Gasteiger partial charge is 0.479 e. The van der Waals surface area contributed by atoms with Crippen LogP contribution in [0.5, 0.6) is 0 Å². The number of rotatable bonds is 4. The number of carboxylic acid groups (broad SMARTS) is 1. The maximum absolute atomic E-state index is 13.0. The van der Waals surface area contributed by atoms with Gasteiger partial charge in [-0.1, -0.05) is 30.3 Å². The van der Waals surface area contributed by atoms with Crippen molar-refractivity contribution in [2.75, 3.05) is 0 Å². The lowest BCUT2D eigenvalue weighted by Gasteiger charge is -2.15. The predicted octanol–water partition coefficient (Wildman–Crippen LogP) is 3.14. The van der Waals surface area contributed by atoms with Crippen LogP contribution in [0.25, 0.3) is 0 Å². The third-order valence-electron chi connectivity index (χ3n) is 2.83. The van der Waals surface area contributed by atoms with Crippen molar-refractivity contribution in [1.82, 2.24) is 5.32 Å². The fourth-order valence-electron chi connectivity index (χ4n) is 1.82. The van der Waals surface area contributed by atoms with Crippen molar-refractivity contribution in [3.05, 3.63) is 69.9 Å². The lowest BCUT2D eigenvalue weighted by atomic mass is 10.1. The average Bonchev–Trinajstić information content (AvgIpc) is 2.45. The van der Waals surface area contributed by atoms with E-state index in [2.05, 4.69) is 21.2 Å². The second kappa shape index (κ2) is 6.49. The molecule has 0 radical (unpaired) electrons. The normalized spacial score (nSPS) is 11.7. The highest BCUT2D eigenvalue weighted by molar-refractivity contribution is 9.10. The van der Waals surface area contributed by atoms with Gasteiger partial charge >= 0.3 is 5.97 Å². The van der Waals surface area contributed by atoms with Crippen molar-refractivity contribution >= 4 is 27.8 Å². The van der Waals surface area contributed by atoms with E-state index in [1.54, 1.807) is 30.3 Å². The monoisotopic (exact) mass is 351 g/mol. The van der Waals surface area contributed by atoms with Gasteiger partial charge in [0.05, 0.1) is 5.56 Å². The summed E-state index contributed by atoms with van der Waals surface area (Å²) in [5.74, 6) is -2.26. The summed E-state index contributed by atoms with van der Waals surface area (Å²) in [6, 6.07) is 10.7. The quantitative estimate of drug-likeness (QED) is 0.889. The van der Waals surface area contributed by atoms with Crippen LogP contribution in [-0.2, 0) is 4.79 Å². The second-order valence-electron chi connectivity index (χ2n) is 4.28. The molecule has 0 bridgehead atoms. The second-order valence-corrected chi connectivity index (χ2v) is 5.13. The molecule has 0 aliphatic heterocycles. The highest BCUT2D eigenvalue weighted by Crippen LogP contribution is 2.20. The number of carbonyl (C=O) groups is 2. The summed E-state index contributed by atoms with van der Waals surface area (Å²) in [5, 5.41) is 11.7. The third-order valence-corrected chi connectivity index (χ3v) is 3.49. The molecule has 2 aromatic carbocycles. The van der Waals surface area contributed by atoms with Crippen LogP contribution in [0, 0.1) is 5.82 Å². The van der Waals surface area contributed by atoms with E-state index in [0.717, 1.165) is 12.1 Å². The Labute approximate surface area is 128 Å². The van der Waals surface area contributed by atoms with Crippen molar-refractivity contribution in [2.24, 2.45) is 0 Å². The van der Waals surface area contributed by atoms with Gasteiger partial charge in [-0.3, -0.25) is 4.79 Å². The first kappa shape index (κ1) is 15.2. The molecule has 1 amide bonds. The Morgan fingerprint density at radius 3 is 2.38 bits per heavy atom. The third kappa shape index (κ3) is 3.66. The summed E-state index contributed by atoms with van der Waals surface area (Å²) in [6.45, 7) is 0. The minimum absolute atomic E-state index is 0.165. The fraction of sp³-hybridized carbons (Fsp3) is 0.0667. The van der Waals surface area contributed by atoms with Crippen molar-refractivity contribution in [1.29, 1.82) is 0 Å². The highest BCUT2D eigenvalue weighted by atomic mass is 79.9. The molecule has 0 aliphatic carbocycles. The number of carbonyl (C=O) groups excluding carboxylic acids is 1. The first-order valence-electron chi connectivity index (χ1n) is 6.02. The highest BCUT2D eigenvalue weighted by Gasteiger charge is 2.23. The molecule has 2 aromatic rings. The van der Waals surface area contributed by atoms with E-state index < -0.39 is 23.7 Å². The van der Waals surface area contributed by atoms with Gasteiger partial charge in [-0.15, -0.1) is 0 Å². The van der Waals surface area contributed by atoms with E-state index in [4.69, 9.17) is 0 Å². The molecular formula is C15H11BrFNO3. The summed E-state index contributed by atoms with van der Waals surface area (Å²) in [7, 11) is 0. The maximum Gasteiger partial charge on any atom is 0.330 e. The van der Waals surface area contributed by atoms with Gasteiger partial charge in [0, 0.05) is 4.47 Å². The molecule has 0 saturated heterocycles. The van der Waals surface area contributed by atoms with Crippen LogP contribution in [0.2, 0.25) is 0 Å². The Morgan fingerprint density at radius 2 is 1.81 bits per heavy atom. The van der Waals surface area contributed by atoms with Gasteiger partial charge in [-0.05, 0) is 39.7 Å². The van der Waals surface area contributed by atoms with Crippen LogP contribution >= 0.6 is 15.9 Å². The predicted molar refractivity (Wildman–Crippen MR) is 78.4 cm³/mol. The molecule has 2 rings (SSSR count). The number of aliphatic carboxylic acids is 1. The molecule has 0 spiro atoms. The van der Waals surface area contributed by atoms with Crippen molar-refractivity contribution < 1.29 is 19.1 Å². The zero-order valence-corrected chi connectivity index (χ0v) is 12.3. The van der Waals surface area contributed by atoms with Crippen molar-refractivity contribution in [3.8, 4) is 0 Å². The van der Waals surface area contributed by atoms with Gasteiger partial charge in [0.25, 0.3) is 5.91 Å². The maximum atomic E-state index is 13.0. The molecule has 0 aliphatic rings. The van der Waals surface area contributed by atoms with E-state index in [-0.39, 0.29) is 10.0 Å². The van der Waals surface area contributed by atoms with Gasteiger partial charge in [0.15, 0.2) is 6.04 Å². The SMILES string of the molecule is O=C(NC(C(=O)O)c1ccccc1)c1ccc(F)cc1Br. The molecule has 0 heterocycles.